The Morgan fingerprint density at radius 2 is 0.871 bits per heavy atom. The van der Waals surface area contributed by atoms with Crippen LogP contribution in [0.4, 0.5) is 34.1 Å². The average molecular weight is 800 g/mol. The van der Waals surface area contributed by atoms with Gasteiger partial charge in [0.1, 0.15) is 0 Å². The third-order valence-electron chi connectivity index (χ3n) is 12.3. The van der Waals surface area contributed by atoms with Gasteiger partial charge in [-0.1, -0.05) is 140 Å². The number of benzene rings is 9. The molecule has 9 aromatic carbocycles. The van der Waals surface area contributed by atoms with E-state index in [1.807, 2.05) is 6.08 Å². The van der Waals surface area contributed by atoms with Gasteiger partial charge in [0.25, 0.3) is 0 Å². The molecule has 1 heterocycles. The van der Waals surface area contributed by atoms with E-state index in [2.05, 4.69) is 246 Å². The van der Waals surface area contributed by atoms with Crippen LogP contribution in [0.2, 0.25) is 0 Å². The van der Waals surface area contributed by atoms with Gasteiger partial charge in [0, 0.05) is 50.3 Å². The minimum Gasteiger partial charge on any atom is -0.311 e. The molecule has 300 valence electrons. The molecule has 0 aliphatic rings. The van der Waals surface area contributed by atoms with E-state index < -0.39 is 0 Å². The SMILES string of the molecule is C=CCC(C)CCc1ccc(N(c2ccccc2)c2ccc(-c3ccc(N(c4ccccc4)c4ccc(-n5c6ccccc6c6ccccc65)cc4)cc3)cc2)c2ccccc12. The van der Waals surface area contributed by atoms with Crippen molar-refractivity contribution in [1.82, 2.24) is 4.57 Å². The molecular formula is C59H49N3. The summed E-state index contributed by atoms with van der Waals surface area (Å²) in [6.45, 7) is 6.28. The lowest BCUT2D eigenvalue weighted by atomic mass is 9.94. The molecule has 0 aliphatic heterocycles. The summed E-state index contributed by atoms with van der Waals surface area (Å²) in [7, 11) is 0. The van der Waals surface area contributed by atoms with Crippen LogP contribution in [0.3, 0.4) is 0 Å². The normalized spacial score (nSPS) is 11.8. The first kappa shape index (κ1) is 38.6. The number of aromatic nitrogens is 1. The maximum Gasteiger partial charge on any atom is 0.0541 e. The highest BCUT2D eigenvalue weighted by atomic mass is 15.1. The Hall–Kier alpha value is -7.62. The summed E-state index contributed by atoms with van der Waals surface area (Å²) in [5, 5.41) is 5.10. The summed E-state index contributed by atoms with van der Waals surface area (Å²) < 4.78 is 2.37. The Labute approximate surface area is 365 Å². The lowest BCUT2D eigenvalue weighted by molar-refractivity contribution is 0.542. The Morgan fingerprint density at radius 3 is 1.42 bits per heavy atom. The molecule has 0 fully saturated rings. The lowest BCUT2D eigenvalue weighted by Gasteiger charge is -2.28. The molecule has 0 bridgehead atoms. The number of aryl methyl sites for hydroxylation is 1. The maximum absolute atomic E-state index is 3.96. The fourth-order valence-electron chi connectivity index (χ4n) is 9.15. The number of allylic oxidation sites excluding steroid dienone is 1. The minimum atomic E-state index is 0.612. The van der Waals surface area contributed by atoms with Crippen LogP contribution in [-0.2, 0) is 6.42 Å². The van der Waals surface area contributed by atoms with Crippen LogP contribution in [0.15, 0.2) is 231 Å². The largest absolute Gasteiger partial charge is 0.311 e. The van der Waals surface area contributed by atoms with E-state index in [1.54, 1.807) is 0 Å². The van der Waals surface area contributed by atoms with Crippen molar-refractivity contribution in [3.8, 4) is 16.8 Å². The number of hydrogen-bond acceptors (Lipinski definition) is 2. The Balaban J connectivity index is 0.959. The van der Waals surface area contributed by atoms with Gasteiger partial charge >= 0.3 is 0 Å². The smallest absolute Gasteiger partial charge is 0.0541 e. The molecule has 1 aromatic heterocycles. The molecule has 3 nitrogen and oxygen atoms in total. The fraction of sp³-hybridized carbons (Fsp3) is 0.0847. The molecule has 0 amide bonds. The van der Waals surface area contributed by atoms with E-state index in [4.69, 9.17) is 0 Å². The molecule has 10 aromatic rings. The Bertz CT molecular complexity index is 3060. The molecule has 0 spiro atoms. The molecule has 10 rings (SSSR count). The van der Waals surface area contributed by atoms with Crippen molar-refractivity contribution in [2.24, 2.45) is 5.92 Å². The first-order valence-corrected chi connectivity index (χ1v) is 21.8. The monoisotopic (exact) mass is 799 g/mol. The molecule has 3 heteroatoms. The number of rotatable bonds is 13. The van der Waals surface area contributed by atoms with Gasteiger partial charge in [0.05, 0.1) is 16.7 Å². The van der Waals surface area contributed by atoms with E-state index in [-0.39, 0.29) is 0 Å². The number of nitrogens with zero attached hydrogens (tertiary/aromatic N) is 3. The third kappa shape index (κ3) is 7.43. The zero-order valence-electron chi connectivity index (χ0n) is 35.1. The molecule has 0 aliphatic carbocycles. The van der Waals surface area contributed by atoms with Crippen molar-refractivity contribution in [2.45, 2.75) is 26.2 Å². The first-order valence-electron chi connectivity index (χ1n) is 21.8. The van der Waals surface area contributed by atoms with Crippen LogP contribution in [0.1, 0.15) is 25.3 Å². The van der Waals surface area contributed by atoms with Gasteiger partial charge < -0.3 is 14.4 Å². The molecule has 0 saturated carbocycles. The van der Waals surface area contributed by atoms with Gasteiger partial charge in [-0.2, -0.15) is 0 Å². The molecule has 1 unspecified atom stereocenters. The fourth-order valence-corrected chi connectivity index (χ4v) is 9.15. The molecule has 0 N–H and O–H groups in total. The van der Waals surface area contributed by atoms with Crippen LogP contribution in [0.25, 0.3) is 49.4 Å². The molecule has 0 radical (unpaired) electrons. The van der Waals surface area contributed by atoms with Crippen molar-refractivity contribution >= 4 is 66.7 Å². The minimum absolute atomic E-state index is 0.612. The highest BCUT2D eigenvalue weighted by molar-refractivity contribution is 6.09. The molecule has 0 saturated heterocycles. The lowest BCUT2D eigenvalue weighted by Crippen LogP contribution is -2.11. The van der Waals surface area contributed by atoms with Gasteiger partial charge in [-0.15, -0.1) is 6.58 Å². The Morgan fingerprint density at radius 1 is 0.435 bits per heavy atom. The summed E-state index contributed by atoms with van der Waals surface area (Å²) in [4.78, 5) is 4.72. The van der Waals surface area contributed by atoms with Crippen LogP contribution >= 0.6 is 0 Å². The van der Waals surface area contributed by atoms with Gasteiger partial charge in [-0.3, -0.25) is 0 Å². The van der Waals surface area contributed by atoms with Gasteiger partial charge in [0.15, 0.2) is 0 Å². The van der Waals surface area contributed by atoms with Crippen molar-refractivity contribution < 1.29 is 0 Å². The van der Waals surface area contributed by atoms with E-state index in [9.17, 15) is 0 Å². The number of hydrogen-bond donors (Lipinski definition) is 0. The zero-order valence-corrected chi connectivity index (χ0v) is 35.1. The number of para-hydroxylation sites is 4. The average Bonchev–Trinajstić information content (AvgIpc) is 3.67. The Kier molecular flexibility index (Phi) is 10.7. The van der Waals surface area contributed by atoms with E-state index in [1.165, 1.54) is 55.0 Å². The van der Waals surface area contributed by atoms with Crippen LogP contribution in [0.5, 0.6) is 0 Å². The number of fused-ring (bicyclic) bond motifs is 4. The predicted molar refractivity (Wildman–Crippen MR) is 265 cm³/mol. The van der Waals surface area contributed by atoms with Crippen LogP contribution in [0, 0.1) is 5.92 Å². The standard InChI is InChI=1S/C59H49N3/c1-3-16-43(2)27-28-46-33-42-59(54-22-11-10-21-53(46)54)61(48-19-8-5-9-20-48)51-36-31-45(32-37-51)44-29-34-49(35-30-44)60(47-17-6-4-7-18-47)50-38-40-52(41-39-50)62-57-25-14-12-23-55(57)56-24-13-15-26-58(56)62/h3-15,17-26,29-43H,1,16,27-28H2,2H3. The first-order chi connectivity index (χ1) is 30.6. The second-order valence-electron chi connectivity index (χ2n) is 16.3. The zero-order chi connectivity index (χ0) is 41.8. The quantitative estimate of drug-likeness (QED) is 0.108. The topological polar surface area (TPSA) is 11.4 Å². The molecule has 62 heavy (non-hydrogen) atoms. The maximum atomic E-state index is 3.96. The highest BCUT2D eigenvalue weighted by Crippen LogP contribution is 2.42. The molecular weight excluding hydrogens is 751 g/mol. The van der Waals surface area contributed by atoms with Gasteiger partial charge in [-0.05, 0) is 138 Å². The second kappa shape index (κ2) is 17.2. The van der Waals surface area contributed by atoms with Crippen molar-refractivity contribution in [1.29, 1.82) is 0 Å². The number of anilines is 6. The third-order valence-corrected chi connectivity index (χ3v) is 12.3. The van der Waals surface area contributed by atoms with E-state index in [0.717, 1.165) is 53.4 Å². The van der Waals surface area contributed by atoms with Gasteiger partial charge in [-0.25, -0.2) is 0 Å². The summed E-state index contributed by atoms with van der Waals surface area (Å²) in [5.74, 6) is 0.612. The van der Waals surface area contributed by atoms with Crippen molar-refractivity contribution in [2.75, 3.05) is 9.80 Å². The highest BCUT2D eigenvalue weighted by Gasteiger charge is 2.19. The van der Waals surface area contributed by atoms with E-state index in [0.29, 0.717) is 5.92 Å². The van der Waals surface area contributed by atoms with Crippen LogP contribution < -0.4 is 9.80 Å². The van der Waals surface area contributed by atoms with Crippen molar-refractivity contribution in [3.05, 3.63) is 237 Å². The second-order valence-corrected chi connectivity index (χ2v) is 16.3. The predicted octanol–water partition coefficient (Wildman–Crippen LogP) is 16.7. The molecule has 1 atom stereocenters. The summed E-state index contributed by atoms with van der Waals surface area (Å²) in [6, 6.07) is 79.1. The van der Waals surface area contributed by atoms with E-state index >= 15 is 0 Å². The summed E-state index contributed by atoms with van der Waals surface area (Å²) in [5.41, 5.74) is 14.0. The summed E-state index contributed by atoms with van der Waals surface area (Å²) >= 11 is 0. The van der Waals surface area contributed by atoms with Crippen LogP contribution in [-0.4, -0.2) is 4.57 Å². The van der Waals surface area contributed by atoms with Crippen molar-refractivity contribution in [3.63, 3.8) is 0 Å². The van der Waals surface area contributed by atoms with Gasteiger partial charge in [0.2, 0.25) is 0 Å². The summed E-state index contributed by atoms with van der Waals surface area (Å²) in [6.07, 6.45) is 5.28.